The lowest BCUT2D eigenvalue weighted by Gasteiger charge is -2.16. The van der Waals surface area contributed by atoms with E-state index in [9.17, 15) is 9.59 Å². The minimum atomic E-state index is -0.243. The van der Waals surface area contributed by atoms with Gasteiger partial charge in [-0.1, -0.05) is 41.9 Å². The molecular weight excluding hydrogens is 332 g/mol. The number of halogens is 1. The van der Waals surface area contributed by atoms with Gasteiger partial charge >= 0.3 is 0 Å². The Hall–Kier alpha value is -1.75. The second-order valence-electron chi connectivity index (χ2n) is 5.45. The molecule has 5 heteroatoms. The van der Waals surface area contributed by atoms with E-state index < -0.39 is 0 Å². The second kappa shape index (κ2) is 5.22. The van der Waals surface area contributed by atoms with Crippen LogP contribution in [0.2, 0.25) is 0 Å². The Morgan fingerprint density at radius 1 is 1.14 bits per heavy atom. The summed E-state index contributed by atoms with van der Waals surface area (Å²) in [5.41, 5.74) is 1.71. The molecule has 2 aromatic rings. The lowest BCUT2D eigenvalue weighted by atomic mass is 10.00. The van der Waals surface area contributed by atoms with E-state index in [4.69, 9.17) is 0 Å². The van der Waals surface area contributed by atoms with Crippen LogP contribution in [-0.4, -0.2) is 21.7 Å². The summed E-state index contributed by atoms with van der Waals surface area (Å²) >= 11 is 3.50. The number of carbonyl (C=O) groups is 2. The number of carbonyl (C=O) groups excluding carboxylic acids is 2. The topological polar surface area (TPSA) is 50.3 Å². The van der Waals surface area contributed by atoms with E-state index in [0.717, 1.165) is 20.9 Å². The zero-order valence-electron chi connectivity index (χ0n) is 11.8. The van der Waals surface area contributed by atoms with Crippen molar-refractivity contribution in [2.45, 2.75) is 20.4 Å². The fourth-order valence-corrected chi connectivity index (χ4v) is 3.13. The summed E-state index contributed by atoms with van der Waals surface area (Å²) < 4.78 is 0.954. The van der Waals surface area contributed by atoms with Crippen molar-refractivity contribution in [2.75, 3.05) is 0 Å². The molecule has 0 spiro atoms. The molecule has 4 nitrogen and oxygen atoms in total. The van der Waals surface area contributed by atoms with E-state index in [1.165, 1.54) is 4.90 Å². The van der Waals surface area contributed by atoms with E-state index >= 15 is 0 Å². The number of hydrogen-bond acceptors (Lipinski definition) is 3. The molecule has 1 aromatic carbocycles. The minimum Gasteiger partial charge on any atom is -0.278 e. The molecule has 2 heterocycles. The number of nitrogens with zero attached hydrogens (tertiary/aromatic N) is 2. The first-order chi connectivity index (χ1) is 10.0. The standard InChI is InChI=1S/C16H15BrN2O2/c1-9-10(2)16(21)19(15(9)20)8-11-5-6-13(17)12-4-3-7-18-14(11)12/h3-7,9-10H,8H2,1-2H3/t9-,10-/m1/s1. The first-order valence-electron chi connectivity index (χ1n) is 6.88. The van der Waals surface area contributed by atoms with Gasteiger partial charge in [0.1, 0.15) is 0 Å². The van der Waals surface area contributed by atoms with Gasteiger partial charge in [0.25, 0.3) is 0 Å². The molecule has 0 saturated carbocycles. The van der Waals surface area contributed by atoms with Crippen LogP contribution in [0, 0.1) is 11.8 Å². The van der Waals surface area contributed by atoms with Crippen molar-refractivity contribution in [3.8, 4) is 0 Å². The molecule has 1 aromatic heterocycles. The lowest BCUT2D eigenvalue weighted by Crippen LogP contribution is -2.30. The molecule has 0 bridgehead atoms. The van der Waals surface area contributed by atoms with Crippen LogP contribution < -0.4 is 0 Å². The second-order valence-corrected chi connectivity index (χ2v) is 6.30. The molecule has 0 unspecified atom stereocenters. The van der Waals surface area contributed by atoms with E-state index in [0.29, 0.717) is 0 Å². The van der Waals surface area contributed by atoms with Crippen LogP contribution >= 0.6 is 15.9 Å². The maximum absolute atomic E-state index is 12.2. The Labute approximate surface area is 131 Å². The molecule has 108 valence electrons. The third kappa shape index (κ3) is 2.25. The number of benzene rings is 1. The Bertz CT molecular complexity index is 724. The highest BCUT2D eigenvalue weighted by molar-refractivity contribution is 9.10. The molecular formula is C16H15BrN2O2. The maximum Gasteiger partial charge on any atom is 0.233 e. The number of aromatic nitrogens is 1. The van der Waals surface area contributed by atoms with Crippen molar-refractivity contribution in [1.82, 2.24) is 9.88 Å². The predicted molar refractivity (Wildman–Crippen MR) is 83.3 cm³/mol. The summed E-state index contributed by atoms with van der Waals surface area (Å²) in [7, 11) is 0. The van der Waals surface area contributed by atoms with E-state index in [1.54, 1.807) is 6.20 Å². The van der Waals surface area contributed by atoms with Gasteiger partial charge in [-0.15, -0.1) is 0 Å². The van der Waals surface area contributed by atoms with E-state index in [2.05, 4.69) is 20.9 Å². The Balaban J connectivity index is 2.02. The highest BCUT2D eigenvalue weighted by atomic mass is 79.9. The Morgan fingerprint density at radius 2 is 1.81 bits per heavy atom. The summed E-state index contributed by atoms with van der Waals surface area (Å²) in [6, 6.07) is 7.67. The number of likely N-dealkylation sites (tertiary alicyclic amines) is 1. The van der Waals surface area contributed by atoms with Crippen molar-refractivity contribution in [1.29, 1.82) is 0 Å². The summed E-state index contributed by atoms with van der Waals surface area (Å²) in [4.78, 5) is 30.2. The van der Waals surface area contributed by atoms with Crippen molar-refractivity contribution in [2.24, 2.45) is 11.8 Å². The largest absolute Gasteiger partial charge is 0.278 e. The van der Waals surface area contributed by atoms with Crippen LogP contribution in [0.25, 0.3) is 10.9 Å². The van der Waals surface area contributed by atoms with Gasteiger partial charge in [0, 0.05) is 27.9 Å². The van der Waals surface area contributed by atoms with E-state index in [-0.39, 0.29) is 30.2 Å². The summed E-state index contributed by atoms with van der Waals surface area (Å²) in [5.74, 6) is -0.682. The molecule has 2 amide bonds. The predicted octanol–water partition coefficient (Wildman–Crippen LogP) is 3.14. The average molecular weight is 347 g/mol. The molecule has 3 rings (SSSR count). The third-order valence-electron chi connectivity index (χ3n) is 4.19. The van der Waals surface area contributed by atoms with Crippen molar-refractivity contribution in [3.05, 3.63) is 40.5 Å². The van der Waals surface area contributed by atoms with Crippen molar-refractivity contribution < 1.29 is 9.59 Å². The maximum atomic E-state index is 12.2. The zero-order valence-corrected chi connectivity index (χ0v) is 13.4. The van der Waals surface area contributed by atoms with Crippen LogP contribution in [0.3, 0.4) is 0 Å². The molecule has 0 aliphatic carbocycles. The van der Waals surface area contributed by atoms with Crippen LogP contribution in [0.1, 0.15) is 19.4 Å². The van der Waals surface area contributed by atoms with Crippen LogP contribution in [-0.2, 0) is 16.1 Å². The molecule has 1 fully saturated rings. The average Bonchev–Trinajstić information content (AvgIpc) is 2.68. The van der Waals surface area contributed by atoms with Gasteiger partial charge < -0.3 is 0 Å². The van der Waals surface area contributed by atoms with Gasteiger partial charge in [-0.3, -0.25) is 19.5 Å². The van der Waals surface area contributed by atoms with Gasteiger partial charge in [-0.2, -0.15) is 0 Å². The van der Waals surface area contributed by atoms with Gasteiger partial charge in [0.05, 0.1) is 12.1 Å². The molecule has 1 aliphatic rings. The Kier molecular flexibility index (Phi) is 3.53. The molecule has 0 N–H and O–H groups in total. The molecule has 1 aliphatic heterocycles. The lowest BCUT2D eigenvalue weighted by molar-refractivity contribution is -0.140. The third-order valence-corrected chi connectivity index (χ3v) is 4.88. The Morgan fingerprint density at radius 3 is 2.48 bits per heavy atom. The number of hydrogen-bond donors (Lipinski definition) is 0. The molecule has 1 saturated heterocycles. The molecule has 2 atom stereocenters. The first kappa shape index (κ1) is 14.2. The SMILES string of the molecule is C[C@H]1C(=O)N(Cc2ccc(Br)c3cccnc23)C(=O)[C@@H]1C. The zero-order chi connectivity index (χ0) is 15.1. The van der Waals surface area contributed by atoms with Crippen molar-refractivity contribution >= 4 is 38.6 Å². The number of pyridine rings is 1. The quantitative estimate of drug-likeness (QED) is 0.785. The number of amides is 2. The van der Waals surface area contributed by atoms with Gasteiger partial charge in [-0.05, 0) is 17.7 Å². The van der Waals surface area contributed by atoms with Gasteiger partial charge in [0.15, 0.2) is 0 Å². The highest BCUT2D eigenvalue weighted by Gasteiger charge is 2.42. The summed E-state index contributed by atoms with van der Waals surface area (Å²) in [6.45, 7) is 3.90. The summed E-state index contributed by atoms with van der Waals surface area (Å²) in [5, 5.41) is 0.982. The highest BCUT2D eigenvalue weighted by Crippen LogP contribution is 2.30. The minimum absolute atomic E-state index is 0.0977. The number of rotatable bonds is 2. The van der Waals surface area contributed by atoms with Gasteiger partial charge in [-0.25, -0.2) is 0 Å². The fraction of sp³-hybridized carbons (Fsp3) is 0.312. The molecule has 0 radical (unpaired) electrons. The normalized spacial score (nSPS) is 22.3. The van der Waals surface area contributed by atoms with E-state index in [1.807, 2.05) is 38.1 Å². The smallest absolute Gasteiger partial charge is 0.233 e. The van der Waals surface area contributed by atoms with Crippen molar-refractivity contribution in [3.63, 3.8) is 0 Å². The fourth-order valence-electron chi connectivity index (χ4n) is 2.68. The molecule has 21 heavy (non-hydrogen) atoms. The monoisotopic (exact) mass is 346 g/mol. The van der Waals surface area contributed by atoms with Gasteiger partial charge in [0.2, 0.25) is 11.8 Å². The number of fused-ring (bicyclic) bond motifs is 1. The van der Waals surface area contributed by atoms with Crippen LogP contribution in [0.4, 0.5) is 0 Å². The summed E-state index contributed by atoms with van der Waals surface area (Å²) in [6.07, 6.45) is 1.72. The van der Waals surface area contributed by atoms with Crippen LogP contribution in [0.15, 0.2) is 34.9 Å². The van der Waals surface area contributed by atoms with Crippen LogP contribution in [0.5, 0.6) is 0 Å². The first-order valence-corrected chi connectivity index (χ1v) is 7.67. The number of imide groups is 1.